The van der Waals surface area contributed by atoms with Gasteiger partial charge in [0.2, 0.25) is 0 Å². The quantitative estimate of drug-likeness (QED) is 0.620. The maximum atomic E-state index is 12.8. The van der Waals surface area contributed by atoms with Crippen LogP contribution in [0.3, 0.4) is 0 Å². The third kappa shape index (κ3) is 5.60. The van der Waals surface area contributed by atoms with Gasteiger partial charge in [-0.05, 0) is 62.7 Å². The number of benzene rings is 2. The van der Waals surface area contributed by atoms with Crippen LogP contribution in [-0.2, 0) is 4.74 Å². The third-order valence-corrected chi connectivity index (χ3v) is 5.76. The Kier molecular flexibility index (Phi) is 6.85. The Balaban J connectivity index is 1.84. The summed E-state index contributed by atoms with van der Waals surface area (Å²) in [5.74, 6) is -0.406. The minimum atomic E-state index is -0.610. The van der Waals surface area contributed by atoms with E-state index in [1.54, 1.807) is 41.3 Å². The number of carbonyl (C=O) groups excluding carboxylic acids is 2. The summed E-state index contributed by atoms with van der Waals surface area (Å²) in [6, 6.07) is 11.7. The second kappa shape index (κ2) is 9.04. The molecule has 3 rings (SSSR count). The summed E-state index contributed by atoms with van der Waals surface area (Å²) in [6.07, 6.45) is -0.421. The van der Waals surface area contributed by atoms with E-state index in [9.17, 15) is 9.59 Å². The molecule has 0 spiro atoms. The normalized spacial score (nSPS) is 18.9. The molecule has 0 radical (unpaired) electrons. The molecular weight excluding hydrogens is 447 g/mol. The number of carbonyl (C=O) groups is 2. The van der Waals surface area contributed by atoms with Gasteiger partial charge in [0.15, 0.2) is 0 Å². The molecular formula is C22H23Cl3N2O3. The average molecular weight is 470 g/mol. The lowest BCUT2D eigenvalue weighted by atomic mass is 9.94. The number of likely N-dealkylation sites (tertiary alicyclic amines) is 1. The Bertz CT molecular complexity index is 942. The van der Waals surface area contributed by atoms with Crippen molar-refractivity contribution < 1.29 is 14.3 Å². The molecule has 2 amide bonds. The number of ether oxygens (including phenoxy) is 1. The first kappa shape index (κ1) is 22.7. The first-order valence-electron chi connectivity index (χ1n) is 9.53. The molecule has 30 heavy (non-hydrogen) atoms. The van der Waals surface area contributed by atoms with E-state index in [0.29, 0.717) is 33.7 Å². The minimum Gasteiger partial charge on any atom is -0.444 e. The van der Waals surface area contributed by atoms with Gasteiger partial charge in [-0.3, -0.25) is 4.79 Å². The van der Waals surface area contributed by atoms with Gasteiger partial charge in [-0.2, -0.15) is 0 Å². The van der Waals surface area contributed by atoms with Gasteiger partial charge in [0.1, 0.15) is 5.60 Å². The Morgan fingerprint density at radius 2 is 1.67 bits per heavy atom. The lowest BCUT2D eigenvalue weighted by molar-refractivity contribution is 0.0288. The fraction of sp³-hybridized carbons (Fsp3) is 0.364. The van der Waals surface area contributed by atoms with Gasteiger partial charge in [0, 0.05) is 29.6 Å². The molecule has 1 saturated heterocycles. The average Bonchev–Trinajstić information content (AvgIpc) is 3.07. The first-order chi connectivity index (χ1) is 14.0. The molecule has 5 nitrogen and oxygen atoms in total. The lowest BCUT2D eigenvalue weighted by Gasteiger charge is -2.24. The third-order valence-electron chi connectivity index (χ3n) is 4.77. The number of hydrogen-bond acceptors (Lipinski definition) is 3. The standard InChI is InChI=1S/C22H23Cl3N2O3/c1-22(2,3)30-21(29)27-11-16(14-6-9-17(24)18(25)10-14)19(12-27)26-20(28)13-4-7-15(23)8-5-13/h4-10,16,19H,11-12H2,1-3H3,(H,26,28)/t16-,19?/m0/s1. The van der Waals surface area contributed by atoms with Crippen molar-refractivity contribution in [3.8, 4) is 0 Å². The number of halogens is 3. The van der Waals surface area contributed by atoms with Crippen molar-refractivity contribution in [3.05, 3.63) is 68.7 Å². The summed E-state index contributed by atoms with van der Waals surface area (Å²) in [5.41, 5.74) is 0.765. The molecule has 1 unspecified atom stereocenters. The van der Waals surface area contributed by atoms with Crippen LogP contribution in [0, 0.1) is 0 Å². The monoisotopic (exact) mass is 468 g/mol. The highest BCUT2D eigenvalue weighted by Gasteiger charge is 2.39. The zero-order chi connectivity index (χ0) is 22.1. The van der Waals surface area contributed by atoms with Crippen LogP contribution in [0.2, 0.25) is 15.1 Å². The van der Waals surface area contributed by atoms with Gasteiger partial charge >= 0.3 is 6.09 Å². The van der Waals surface area contributed by atoms with Gasteiger partial charge in [0.05, 0.1) is 16.1 Å². The van der Waals surface area contributed by atoms with Crippen LogP contribution < -0.4 is 5.32 Å². The van der Waals surface area contributed by atoms with Crippen LogP contribution in [0.1, 0.15) is 42.6 Å². The molecule has 2 aromatic rings. The van der Waals surface area contributed by atoms with Crippen molar-refractivity contribution in [3.63, 3.8) is 0 Å². The summed E-state index contributed by atoms with van der Waals surface area (Å²) < 4.78 is 5.51. The van der Waals surface area contributed by atoms with Crippen molar-refractivity contribution >= 4 is 46.8 Å². The fourth-order valence-corrected chi connectivity index (χ4v) is 3.79. The summed E-state index contributed by atoms with van der Waals surface area (Å²) >= 11 is 18.2. The Hall–Kier alpha value is -1.95. The first-order valence-corrected chi connectivity index (χ1v) is 10.7. The van der Waals surface area contributed by atoms with E-state index in [4.69, 9.17) is 39.5 Å². The summed E-state index contributed by atoms with van der Waals surface area (Å²) in [7, 11) is 0. The van der Waals surface area contributed by atoms with E-state index in [0.717, 1.165) is 5.56 Å². The van der Waals surface area contributed by atoms with E-state index in [2.05, 4.69) is 5.32 Å². The highest BCUT2D eigenvalue weighted by Crippen LogP contribution is 2.33. The molecule has 0 bridgehead atoms. The maximum Gasteiger partial charge on any atom is 0.410 e. The molecule has 0 aliphatic carbocycles. The van der Waals surface area contributed by atoms with Gasteiger partial charge < -0.3 is 15.0 Å². The van der Waals surface area contributed by atoms with E-state index >= 15 is 0 Å². The molecule has 8 heteroatoms. The summed E-state index contributed by atoms with van der Waals surface area (Å²) in [5, 5.41) is 4.46. The smallest absolute Gasteiger partial charge is 0.410 e. The predicted octanol–water partition coefficient (Wildman–Crippen LogP) is 5.78. The van der Waals surface area contributed by atoms with Crippen molar-refractivity contribution in [1.82, 2.24) is 10.2 Å². The number of nitrogens with one attached hydrogen (secondary N) is 1. The van der Waals surface area contributed by atoms with Gasteiger partial charge in [-0.15, -0.1) is 0 Å². The largest absolute Gasteiger partial charge is 0.444 e. The Morgan fingerprint density at radius 3 is 2.27 bits per heavy atom. The van der Waals surface area contributed by atoms with Crippen LogP contribution in [-0.4, -0.2) is 41.6 Å². The van der Waals surface area contributed by atoms with Gasteiger partial charge in [-0.25, -0.2) is 4.79 Å². The molecule has 0 aromatic heterocycles. The van der Waals surface area contributed by atoms with E-state index in [1.165, 1.54) is 0 Å². The lowest BCUT2D eigenvalue weighted by Crippen LogP contribution is -2.41. The zero-order valence-electron chi connectivity index (χ0n) is 16.9. The Labute approximate surface area is 191 Å². The maximum absolute atomic E-state index is 12.8. The van der Waals surface area contributed by atoms with Crippen molar-refractivity contribution in [2.45, 2.75) is 38.3 Å². The van der Waals surface area contributed by atoms with Crippen LogP contribution in [0.5, 0.6) is 0 Å². The minimum absolute atomic E-state index is 0.163. The SMILES string of the molecule is CC(C)(C)OC(=O)N1CC(NC(=O)c2ccc(Cl)cc2)[C@H](c2ccc(Cl)c(Cl)c2)C1. The van der Waals surface area contributed by atoms with Crippen LogP contribution in [0.15, 0.2) is 42.5 Å². The van der Waals surface area contributed by atoms with Crippen LogP contribution in [0.4, 0.5) is 4.79 Å². The summed E-state index contributed by atoms with van der Waals surface area (Å²) in [4.78, 5) is 27.0. The highest BCUT2D eigenvalue weighted by atomic mass is 35.5. The number of rotatable bonds is 3. The zero-order valence-corrected chi connectivity index (χ0v) is 19.2. The molecule has 1 N–H and O–H groups in total. The second-order valence-corrected chi connectivity index (χ2v) is 9.50. The van der Waals surface area contributed by atoms with Gasteiger partial charge in [0.25, 0.3) is 5.91 Å². The highest BCUT2D eigenvalue weighted by molar-refractivity contribution is 6.42. The van der Waals surface area contributed by atoms with Crippen LogP contribution in [0.25, 0.3) is 0 Å². The van der Waals surface area contributed by atoms with Crippen molar-refractivity contribution in [1.29, 1.82) is 0 Å². The molecule has 2 atom stereocenters. The fourth-order valence-electron chi connectivity index (χ4n) is 3.36. The van der Waals surface area contributed by atoms with Crippen molar-refractivity contribution in [2.75, 3.05) is 13.1 Å². The topological polar surface area (TPSA) is 58.6 Å². The van der Waals surface area contributed by atoms with E-state index < -0.39 is 11.7 Å². The molecule has 160 valence electrons. The number of hydrogen-bond donors (Lipinski definition) is 1. The summed E-state index contributed by atoms with van der Waals surface area (Å²) in [6.45, 7) is 6.16. The van der Waals surface area contributed by atoms with E-state index in [1.807, 2.05) is 26.8 Å². The number of nitrogens with zero attached hydrogens (tertiary/aromatic N) is 1. The molecule has 1 aliphatic heterocycles. The van der Waals surface area contributed by atoms with E-state index in [-0.39, 0.29) is 17.9 Å². The molecule has 2 aromatic carbocycles. The molecule has 1 fully saturated rings. The number of amides is 2. The van der Waals surface area contributed by atoms with Gasteiger partial charge in [-0.1, -0.05) is 40.9 Å². The Morgan fingerprint density at radius 1 is 1.00 bits per heavy atom. The van der Waals surface area contributed by atoms with Crippen molar-refractivity contribution in [2.24, 2.45) is 0 Å². The molecule has 1 aliphatic rings. The molecule has 0 saturated carbocycles. The molecule has 1 heterocycles. The second-order valence-electron chi connectivity index (χ2n) is 8.25. The van der Waals surface area contributed by atoms with Crippen LogP contribution >= 0.6 is 34.8 Å². The predicted molar refractivity (Wildman–Crippen MR) is 120 cm³/mol.